The quantitative estimate of drug-likeness (QED) is 0.658. The molecule has 3 aromatic rings. The third-order valence-electron chi connectivity index (χ3n) is 6.01. The van der Waals surface area contributed by atoms with Gasteiger partial charge in [0.25, 0.3) is 5.91 Å². The Kier molecular flexibility index (Phi) is 4.84. The van der Waals surface area contributed by atoms with Crippen molar-refractivity contribution in [2.45, 2.75) is 37.9 Å². The summed E-state index contributed by atoms with van der Waals surface area (Å²) in [5, 5.41) is 4.27. The van der Waals surface area contributed by atoms with Gasteiger partial charge in [0, 0.05) is 25.7 Å². The molecule has 0 bridgehead atoms. The van der Waals surface area contributed by atoms with E-state index < -0.39 is 6.17 Å². The molecule has 0 aliphatic carbocycles. The van der Waals surface area contributed by atoms with Crippen LogP contribution in [-0.2, 0) is 0 Å². The highest BCUT2D eigenvalue weighted by Crippen LogP contribution is 2.37. The molecule has 6 nitrogen and oxygen atoms in total. The van der Waals surface area contributed by atoms with Crippen molar-refractivity contribution in [2.24, 2.45) is 0 Å². The van der Waals surface area contributed by atoms with E-state index >= 15 is 0 Å². The van der Waals surface area contributed by atoms with Crippen LogP contribution in [0.2, 0.25) is 0 Å². The maximum Gasteiger partial charge on any atom is 0.259 e. The predicted octanol–water partition coefficient (Wildman–Crippen LogP) is 3.78. The van der Waals surface area contributed by atoms with E-state index in [1.165, 1.54) is 12.1 Å². The van der Waals surface area contributed by atoms with Crippen LogP contribution in [0.5, 0.6) is 0 Å². The fourth-order valence-electron chi connectivity index (χ4n) is 4.51. The van der Waals surface area contributed by atoms with E-state index in [0.29, 0.717) is 17.0 Å². The molecule has 1 amide bonds. The number of anilines is 1. The number of likely N-dealkylation sites (tertiary alicyclic amines) is 1. The number of fused-ring (bicyclic) bond motifs is 1. The number of halogens is 2. The van der Waals surface area contributed by atoms with Crippen molar-refractivity contribution in [1.82, 2.24) is 19.5 Å². The highest BCUT2D eigenvalue weighted by Gasteiger charge is 2.34. The highest BCUT2D eigenvalue weighted by atomic mass is 19.1. The van der Waals surface area contributed by atoms with Gasteiger partial charge in [0.2, 0.25) is 0 Å². The van der Waals surface area contributed by atoms with Gasteiger partial charge in [-0.05, 0) is 43.0 Å². The Morgan fingerprint density at radius 1 is 1.13 bits per heavy atom. The molecule has 2 aromatic heterocycles. The molecular weight excluding hydrogens is 388 g/mol. The van der Waals surface area contributed by atoms with Gasteiger partial charge in [-0.3, -0.25) is 4.79 Å². The monoisotopic (exact) mass is 411 g/mol. The maximum atomic E-state index is 14.4. The van der Waals surface area contributed by atoms with Gasteiger partial charge in [-0.25, -0.2) is 18.3 Å². The summed E-state index contributed by atoms with van der Waals surface area (Å²) in [7, 11) is 0. The number of aromatic nitrogens is 3. The summed E-state index contributed by atoms with van der Waals surface area (Å²) < 4.78 is 29.7. The Bertz CT molecular complexity index is 1080. The fraction of sp³-hybridized carbons (Fsp3) is 0.409. The first kappa shape index (κ1) is 19.0. The van der Waals surface area contributed by atoms with E-state index in [2.05, 4.69) is 10.1 Å². The van der Waals surface area contributed by atoms with Gasteiger partial charge in [-0.2, -0.15) is 5.10 Å². The van der Waals surface area contributed by atoms with E-state index in [0.717, 1.165) is 37.9 Å². The number of carbonyl (C=O) groups is 1. The Morgan fingerprint density at radius 2 is 1.97 bits per heavy atom. The lowest BCUT2D eigenvalue weighted by Gasteiger charge is -2.27. The lowest BCUT2D eigenvalue weighted by Crippen LogP contribution is -2.35. The normalized spacial score (nSPS) is 22.1. The number of hydrogen-bond acceptors (Lipinski definition) is 4. The van der Waals surface area contributed by atoms with Gasteiger partial charge < -0.3 is 9.80 Å². The standard InChI is InChI=1S/C22H23F2N5O/c23-16-6-4-5-15(11-16)19-12-17(24)14-28(19)20-7-10-29-21(26-20)18(13-25-29)22(30)27-8-2-1-3-9-27/h4-7,10-11,13,17,19H,1-3,8-9,12,14H2/t17-,19+/m0/s1. The molecule has 0 spiro atoms. The van der Waals surface area contributed by atoms with Gasteiger partial charge in [0.1, 0.15) is 23.4 Å². The zero-order chi connectivity index (χ0) is 20.7. The minimum absolute atomic E-state index is 0.0687. The molecule has 156 valence electrons. The largest absolute Gasteiger partial charge is 0.346 e. The Hall–Kier alpha value is -3.03. The van der Waals surface area contributed by atoms with Gasteiger partial charge >= 0.3 is 0 Å². The van der Waals surface area contributed by atoms with Crippen LogP contribution < -0.4 is 4.90 Å². The highest BCUT2D eigenvalue weighted by molar-refractivity contribution is 5.99. The lowest BCUT2D eigenvalue weighted by atomic mass is 10.0. The van der Waals surface area contributed by atoms with Gasteiger partial charge in [0.15, 0.2) is 5.65 Å². The summed E-state index contributed by atoms with van der Waals surface area (Å²) in [4.78, 5) is 21.4. The predicted molar refractivity (Wildman–Crippen MR) is 109 cm³/mol. The van der Waals surface area contributed by atoms with Crippen LogP contribution in [0.4, 0.5) is 14.6 Å². The third kappa shape index (κ3) is 3.40. The molecule has 2 saturated heterocycles. The smallest absolute Gasteiger partial charge is 0.259 e. The van der Waals surface area contributed by atoms with Gasteiger partial charge in [-0.15, -0.1) is 0 Å². The van der Waals surface area contributed by atoms with Crippen LogP contribution in [0.25, 0.3) is 5.65 Å². The van der Waals surface area contributed by atoms with Gasteiger partial charge in [-0.1, -0.05) is 12.1 Å². The SMILES string of the molecule is O=C(c1cnn2ccc(N3C[C@@H](F)C[C@@H]3c3cccc(F)c3)nc12)N1CCCCC1. The van der Waals surface area contributed by atoms with Crippen LogP contribution in [-0.4, -0.2) is 51.2 Å². The minimum Gasteiger partial charge on any atom is -0.346 e. The topological polar surface area (TPSA) is 53.7 Å². The molecule has 2 aliphatic rings. The molecule has 2 aliphatic heterocycles. The van der Waals surface area contributed by atoms with Crippen molar-refractivity contribution < 1.29 is 13.6 Å². The minimum atomic E-state index is -1.03. The molecular formula is C22H23F2N5O. The number of alkyl halides is 1. The van der Waals surface area contributed by atoms with Crippen molar-refractivity contribution in [3.63, 3.8) is 0 Å². The van der Waals surface area contributed by atoms with E-state index in [-0.39, 0.29) is 30.7 Å². The van der Waals surface area contributed by atoms with Crippen molar-refractivity contribution in [1.29, 1.82) is 0 Å². The summed E-state index contributed by atoms with van der Waals surface area (Å²) in [6.07, 6.45) is 5.68. The van der Waals surface area contributed by atoms with Gasteiger partial charge in [0.05, 0.1) is 18.8 Å². The molecule has 0 unspecified atom stereocenters. The maximum absolute atomic E-state index is 14.4. The molecule has 8 heteroatoms. The zero-order valence-electron chi connectivity index (χ0n) is 16.5. The van der Waals surface area contributed by atoms with Crippen molar-refractivity contribution >= 4 is 17.4 Å². The second-order valence-electron chi connectivity index (χ2n) is 8.02. The summed E-state index contributed by atoms with van der Waals surface area (Å²) >= 11 is 0. The van der Waals surface area contributed by atoms with Crippen molar-refractivity contribution in [3.05, 3.63) is 59.7 Å². The fourth-order valence-corrected chi connectivity index (χ4v) is 4.51. The Labute approximate surface area is 173 Å². The molecule has 0 saturated carbocycles. The van der Waals surface area contributed by atoms with Crippen molar-refractivity contribution in [2.75, 3.05) is 24.5 Å². The molecule has 0 radical (unpaired) electrons. The van der Waals surface area contributed by atoms with Crippen molar-refractivity contribution in [3.8, 4) is 0 Å². The number of hydrogen-bond donors (Lipinski definition) is 0. The van der Waals surface area contributed by atoms with E-state index in [4.69, 9.17) is 0 Å². The van der Waals surface area contributed by atoms with E-state index in [9.17, 15) is 13.6 Å². The molecule has 2 fully saturated rings. The number of carbonyl (C=O) groups excluding carboxylic acids is 1. The number of piperidine rings is 1. The molecule has 4 heterocycles. The molecule has 0 N–H and O–H groups in total. The second kappa shape index (κ2) is 7.66. The Balaban J connectivity index is 1.50. The summed E-state index contributed by atoms with van der Waals surface area (Å²) in [6, 6.07) is 7.72. The number of rotatable bonds is 3. The molecule has 30 heavy (non-hydrogen) atoms. The van der Waals surface area contributed by atoms with Crippen LogP contribution in [0.15, 0.2) is 42.7 Å². The number of amides is 1. The molecule has 1 aromatic carbocycles. The van der Waals surface area contributed by atoms with Crippen LogP contribution in [0, 0.1) is 5.82 Å². The van der Waals surface area contributed by atoms with Crippen LogP contribution in [0.1, 0.15) is 47.6 Å². The van der Waals surface area contributed by atoms with E-state index in [1.807, 2.05) is 9.80 Å². The van der Waals surface area contributed by atoms with Crippen LogP contribution in [0.3, 0.4) is 0 Å². The summed E-state index contributed by atoms with van der Waals surface area (Å²) in [5.41, 5.74) is 1.63. The third-order valence-corrected chi connectivity index (χ3v) is 6.01. The lowest BCUT2D eigenvalue weighted by molar-refractivity contribution is 0.0726. The van der Waals surface area contributed by atoms with Crippen LogP contribution >= 0.6 is 0 Å². The first-order chi connectivity index (χ1) is 14.6. The average Bonchev–Trinajstić information content (AvgIpc) is 3.37. The van der Waals surface area contributed by atoms with E-state index in [1.54, 1.807) is 35.1 Å². The second-order valence-corrected chi connectivity index (χ2v) is 8.02. The first-order valence-corrected chi connectivity index (χ1v) is 10.4. The number of nitrogens with zero attached hydrogens (tertiary/aromatic N) is 5. The Morgan fingerprint density at radius 3 is 2.77 bits per heavy atom. The molecule has 5 rings (SSSR count). The summed E-state index contributed by atoms with van der Waals surface area (Å²) in [5.74, 6) is 0.147. The molecule has 2 atom stereocenters. The zero-order valence-corrected chi connectivity index (χ0v) is 16.5. The average molecular weight is 411 g/mol. The first-order valence-electron chi connectivity index (χ1n) is 10.4. The number of benzene rings is 1. The summed E-state index contributed by atoms with van der Waals surface area (Å²) in [6.45, 7) is 1.66.